The Bertz CT molecular complexity index is 445. The lowest BCUT2D eigenvalue weighted by molar-refractivity contribution is -0.117. The van der Waals surface area contributed by atoms with Crippen molar-refractivity contribution in [3.8, 4) is 0 Å². The van der Waals surface area contributed by atoms with E-state index in [9.17, 15) is 9.59 Å². The summed E-state index contributed by atoms with van der Waals surface area (Å²) in [5.74, 6) is 0.0465. The van der Waals surface area contributed by atoms with Crippen LogP contribution in [-0.2, 0) is 4.79 Å². The van der Waals surface area contributed by atoms with Crippen LogP contribution in [0.3, 0.4) is 0 Å². The van der Waals surface area contributed by atoms with Gasteiger partial charge in [-0.15, -0.1) is 0 Å². The Morgan fingerprint density at radius 1 is 1.33 bits per heavy atom. The van der Waals surface area contributed by atoms with Gasteiger partial charge in [0.1, 0.15) is 0 Å². The van der Waals surface area contributed by atoms with Gasteiger partial charge in [-0.2, -0.15) is 0 Å². The second-order valence-corrected chi connectivity index (χ2v) is 4.58. The predicted molar refractivity (Wildman–Crippen MR) is 69.4 cm³/mol. The van der Waals surface area contributed by atoms with E-state index in [1.54, 1.807) is 19.0 Å². The molecule has 1 saturated heterocycles. The van der Waals surface area contributed by atoms with Gasteiger partial charge in [0.25, 0.3) is 0 Å². The summed E-state index contributed by atoms with van der Waals surface area (Å²) in [7, 11) is 3.36. The van der Waals surface area contributed by atoms with E-state index in [4.69, 9.17) is 0 Å². The van der Waals surface area contributed by atoms with Crippen LogP contribution in [0.25, 0.3) is 0 Å². The number of urea groups is 1. The lowest BCUT2D eigenvalue weighted by atomic mass is 10.2. The molecule has 1 heterocycles. The van der Waals surface area contributed by atoms with Crippen molar-refractivity contribution in [3.05, 3.63) is 30.3 Å². The monoisotopic (exact) mass is 247 g/mol. The maximum absolute atomic E-state index is 11.9. The van der Waals surface area contributed by atoms with E-state index < -0.39 is 0 Å². The van der Waals surface area contributed by atoms with E-state index in [2.05, 4.69) is 5.32 Å². The van der Waals surface area contributed by atoms with Gasteiger partial charge in [0.15, 0.2) is 0 Å². The maximum atomic E-state index is 11.9. The predicted octanol–water partition coefficient (Wildman–Crippen LogP) is 1.06. The first-order valence-electron chi connectivity index (χ1n) is 5.91. The van der Waals surface area contributed by atoms with Gasteiger partial charge in [-0.25, -0.2) is 4.79 Å². The number of benzene rings is 1. The first kappa shape index (κ1) is 12.4. The summed E-state index contributed by atoms with van der Waals surface area (Å²) in [6.45, 7) is 0.530. The molecule has 1 aromatic carbocycles. The molecule has 0 spiro atoms. The molecule has 5 nitrogen and oxygen atoms in total. The molecule has 0 aromatic heterocycles. The van der Waals surface area contributed by atoms with Gasteiger partial charge in [0.05, 0.1) is 6.04 Å². The zero-order chi connectivity index (χ0) is 13.1. The molecule has 1 atom stereocenters. The maximum Gasteiger partial charge on any atom is 0.317 e. The molecule has 0 bridgehead atoms. The van der Waals surface area contributed by atoms with Crippen molar-refractivity contribution in [2.24, 2.45) is 0 Å². The van der Waals surface area contributed by atoms with Crippen LogP contribution < -0.4 is 10.2 Å². The van der Waals surface area contributed by atoms with Crippen molar-refractivity contribution in [2.75, 3.05) is 25.5 Å². The lowest BCUT2D eigenvalue weighted by Crippen LogP contribution is -2.42. The highest BCUT2D eigenvalue weighted by Crippen LogP contribution is 2.20. The van der Waals surface area contributed by atoms with Crippen molar-refractivity contribution in [1.29, 1.82) is 0 Å². The lowest BCUT2D eigenvalue weighted by Gasteiger charge is -2.18. The fraction of sp³-hybridized carbons (Fsp3) is 0.385. The molecule has 1 fully saturated rings. The quantitative estimate of drug-likeness (QED) is 0.849. The number of anilines is 1. The molecule has 1 aliphatic rings. The number of hydrogen-bond acceptors (Lipinski definition) is 2. The van der Waals surface area contributed by atoms with Crippen molar-refractivity contribution < 1.29 is 9.59 Å². The van der Waals surface area contributed by atoms with Crippen LogP contribution in [0, 0.1) is 0 Å². The zero-order valence-corrected chi connectivity index (χ0v) is 10.6. The van der Waals surface area contributed by atoms with Gasteiger partial charge in [0, 0.05) is 32.7 Å². The molecule has 1 N–H and O–H groups in total. The highest BCUT2D eigenvalue weighted by Gasteiger charge is 2.31. The van der Waals surface area contributed by atoms with Crippen LogP contribution in [0.15, 0.2) is 30.3 Å². The van der Waals surface area contributed by atoms with Crippen LogP contribution in [0.5, 0.6) is 0 Å². The van der Waals surface area contributed by atoms with Crippen LogP contribution in [0.4, 0.5) is 10.5 Å². The number of amides is 3. The van der Waals surface area contributed by atoms with Crippen LogP contribution in [0.2, 0.25) is 0 Å². The summed E-state index contributed by atoms with van der Waals surface area (Å²) < 4.78 is 0. The molecule has 1 aliphatic heterocycles. The van der Waals surface area contributed by atoms with E-state index in [1.807, 2.05) is 30.3 Å². The van der Waals surface area contributed by atoms with E-state index in [0.717, 1.165) is 5.69 Å². The molecule has 0 radical (unpaired) electrons. The van der Waals surface area contributed by atoms with Gasteiger partial charge in [-0.3, -0.25) is 4.79 Å². The minimum Gasteiger partial charge on any atom is -0.333 e. The number of nitrogens with zero attached hydrogens (tertiary/aromatic N) is 2. The molecule has 0 unspecified atom stereocenters. The molecule has 2 rings (SSSR count). The molecule has 18 heavy (non-hydrogen) atoms. The minimum absolute atomic E-state index is 0.0465. The Labute approximate surface area is 106 Å². The van der Waals surface area contributed by atoms with Gasteiger partial charge in [-0.05, 0) is 12.1 Å². The average molecular weight is 247 g/mol. The fourth-order valence-electron chi connectivity index (χ4n) is 1.97. The molecular formula is C13H17N3O2. The number of hydrogen-bond donors (Lipinski definition) is 1. The van der Waals surface area contributed by atoms with Crippen LogP contribution in [0.1, 0.15) is 6.42 Å². The van der Waals surface area contributed by atoms with Gasteiger partial charge < -0.3 is 15.1 Å². The number of nitrogens with one attached hydrogen (secondary N) is 1. The summed E-state index contributed by atoms with van der Waals surface area (Å²) in [6.07, 6.45) is 0.356. The number of rotatable bonds is 2. The second kappa shape index (κ2) is 5.08. The van der Waals surface area contributed by atoms with Gasteiger partial charge in [-0.1, -0.05) is 18.2 Å². The summed E-state index contributed by atoms with van der Waals surface area (Å²) in [5, 5.41) is 2.83. The minimum atomic E-state index is -0.164. The first-order valence-corrected chi connectivity index (χ1v) is 5.91. The van der Waals surface area contributed by atoms with E-state index in [0.29, 0.717) is 13.0 Å². The van der Waals surface area contributed by atoms with E-state index in [-0.39, 0.29) is 18.0 Å². The molecule has 5 heteroatoms. The summed E-state index contributed by atoms with van der Waals surface area (Å²) >= 11 is 0. The smallest absolute Gasteiger partial charge is 0.317 e. The average Bonchev–Trinajstić information content (AvgIpc) is 2.71. The molecule has 0 saturated carbocycles. The third kappa shape index (κ3) is 2.61. The summed E-state index contributed by atoms with van der Waals surface area (Å²) in [6, 6.07) is 9.22. The van der Waals surface area contributed by atoms with E-state index in [1.165, 1.54) is 4.90 Å². The van der Waals surface area contributed by atoms with Crippen molar-refractivity contribution in [2.45, 2.75) is 12.5 Å². The third-order valence-corrected chi connectivity index (χ3v) is 2.93. The molecule has 1 aromatic rings. The van der Waals surface area contributed by atoms with Crippen LogP contribution in [-0.4, -0.2) is 43.5 Å². The zero-order valence-electron chi connectivity index (χ0n) is 10.6. The van der Waals surface area contributed by atoms with Crippen molar-refractivity contribution in [1.82, 2.24) is 10.2 Å². The fourth-order valence-corrected chi connectivity index (χ4v) is 1.97. The highest BCUT2D eigenvalue weighted by molar-refractivity contribution is 5.96. The number of para-hydroxylation sites is 1. The topological polar surface area (TPSA) is 52.7 Å². The van der Waals surface area contributed by atoms with Gasteiger partial charge in [0.2, 0.25) is 5.91 Å². The summed E-state index contributed by atoms with van der Waals surface area (Å²) in [4.78, 5) is 26.6. The van der Waals surface area contributed by atoms with Crippen LogP contribution >= 0.6 is 0 Å². The molecular weight excluding hydrogens is 230 g/mol. The largest absolute Gasteiger partial charge is 0.333 e. The number of carbonyl (C=O) groups excluding carboxylic acids is 2. The molecule has 0 aliphatic carbocycles. The number of carbonyl (C=O) groups is 2. The van der Waals surface area contributed by atoms with Crippen molar-refractivity contribution in [3.63, 3.8) is 0 Å². The third-order valence-electron chi connectivity index (χ3n) is 2.93. The molecule has 96 valence electrons. The van der Waals surface area contributed by atoms with E-state index >= 15 is 0 Å². The molecule has 3 amide bonds. The second-order valence-electron chi connectivity index (χ2n) is 4.58. The SMILES string of the molecule is CN(C)C(=O)N[C@H]1CC(=O)N(c2ccccc2)C1. The Hall–Kier alpha value is -2.04. The van der Waals surface area contributed by atoms with Gasteiger partial charge >= 0.3 is 6.03 Å². The van der Waals surface area contributed by atoms with Crippen molar-refractivity contribution >= 4 is 17.6 Å². The Kier molecular flexibility index (Phi) is 3.50. The Morgan fingerprint density at radius 2 is 2.00 bits per heavy atom. The first-order chi connectivity index (χ1) is 8.58. The normalized spacial score (nSPS) is 18.9. The highest BCUT2D eigenvalue weighted by atomic mass is 16.2. The summed E-state index contributed by atoms with van der Waals surface area (Å²) in [5.41, 5.74) is 0.879. The standard InChI is InChI=1S/C13H17N3O2/c1-15(2)13(18)14-10-8-12(17)16(9-10)11-6-4-3-5-7-11/h3-7,10H,8-9H2,1-2H3,(H,14,18)/t10-/m0/s1. The Balaban J connectivity index is 2.02. The Morgan fingerprint density at radius 3 is 2.61 bits per heavy atom.